The fourth-order valence-electron chi connectivity index (χ4n) is 2.29. The number of halogens is 1. The highest BCUT2D eigenvalue weighted by Gasteiger charge is 2.11. The van der Waals surface area contributed by atoms with Crippen LogP contribution in [0.4, 0.5) is 11.4 Å². The van der Waals surface area contributed by atoms with Gasteiger partial charge in [0.2, 0.25) is 0 Å². The van der Waals surface area contributed by atoms with Gasteiger partial charge in [-0.05, 0) is 42.8 Å². The highest BCUT2D eigenvalue weighted by atomic mass is 79.9. The van der Waals surface area contributed by atoms with Gasteiger partial charge >= 0.3 is 0 Å². The molecule has 0 radical (unpaired) electrons. The van der Waals surface area contributed by atoms with Crippen LogP contribution in [0, 0.1) is 0 Å². The van der Waals surface area contributed by atoms with E-state index < -0.39 is 0 Å². The summed E-state index contributed by atoms with van der Waals surface area (Å²) >= 11 is 3.50. The average Bonchev–Trinajstić information content (AvgIpc) is 2.51. The minimum Gasteiger partial charge on any atom is -0.396 e. The smallest absolute Gasteiger partial charge is 0.0743 e. The van der Waals surface area contributed by atoms with Gasteiger partial charge in [0, 0.05) is 28.3 Å². The minimum atomic E-state index is 0.125. The molecule has 106 valence electrons. The van der Waals surface area contributed by atoms with Crippen LogP contribution in [-0.2, 0) is 0 Å². The number of pyridine rings is 2. The Balaban J connectivity index is 2.03. The summed E-state index contributed by atoms with van der Waals surface area (Å²) < 4.78 is 1.00. The monoisotopic (exact) mass is 342 g/mol. The lowest BCUT2D eigenvalue weighted by molar-refractivity contribution is 0.883. The zero-order valence-electron chi connectivity index (χ0n) is 11.5. The van der Waals surface area contributed by atoms with Gasteiger partial charge in [0.1, 0.15) is 0 Å². The van der Waals surface area contributed by atoms with Crippen molar-refractivity contribution in [1.82, 2.24) is 9.97 Å². The van der Waals surface area contributed by atoms with Crippen molar-refractivity contribution in [3.63, 3.8) is 0 Å². The third kappa shape index (κ3) is 2.83. The molecule has 0 spiro atoms. The maximum Gasteiger partial charge on any atom is 0.0743 e. The van der Waals surface area contributed by atoms with E-state index in [1.54, 1.807) is 18.6 Å². The first kappa shape index (κ1) is 13.8. The van der Waals surface area contributed by atoms with Crippen LogP contribution in [0.2, 0.25) is 0 Å². The molecule has 3 aromatic rings. The second-order valence-electron chi connectivity index (χ2n) is 4.90. The molecule has 1 atom stereocenters. The zero-order valence-corrected chi connectivity index (χ0v) is 13.1. The molecule has 0 saturated carbocycles. The standard InChI is InChI=1S/C16H15BrN4/c1-10(11-4-6-19-7-5-11)21-16-13-8-12(17)2-3-15(13)20-9-14(16)18/h2-10H,18H2,1H3,(H,20,21). The van der Waals surface area contributed by atoms with E-state index in [2.05, 4.69) is 38.1 Å². The summed E-state index contributed by atoms with van der Waals surface area (Å²) in [5, 5.41) is 4.49. The van der Waals surface area contributed by atoms with Gasteiger partial charge in [0.25, 0.3) is 0 Å². The molecule has 0 fully saturated rings. The van der Waals surface area contributed by atoms with E-state index in [1.807, 2.05) is 30.3 Å². The Labute approximate surface area is 131 Å². The summed E-state index contributed by atoms with van der Waals surface area (Å²) in [6.07, 6.45) is 5.27. The lowest BCUT2D eigenvalue weighted by atomic mass is 10.1. The van der Waals surface area contributed by atoms with Gasteiger partial charge in [-0.2, -0.15) is 0 Å². The van der Waals surface area contributed by atoms with Gasteiger partial charge in [0.15, 0.2) is 0 Å². The van der Waals surface area contributed by atoms with Gasteiger partial charge < -0.3 is 11.1 Å². The molecule has 5 heteroatoms. The minimum absolute atomic E-state index is 0.125. The lowest BCUT2D eigenvalue weighted by Gasteiger charge is -2.18. The predicted molar refractivity (Wildman–Crippen MR) is 90.1 cm³/mol. The van der Waals surface area contributed by atoms with Crippen molar-refractivity contribution in [1.29, 1.82) is 0 Å². The Morgan fingerprint density at radius 1 is 1.19 bits per heavy atom. The molecule has 21 heavy (non-hydrogen) atoms. The fraction of sp³-hybridized carbons (Fsp3) is 0.125. The first-order chi connectivity index (χ1) is 10.1. The van der Waals surface area contributed by atoms with Crippen LogP contribution >= 0.6 is 15.9 Å². The number of benzene rings is 1. The van der Waals surface area contributed by atoms with E-state index in [0.717, 1.165) is 26.6 Å². The number of hydrogen-bond acceptors (Lipinski definition) is 4. The Morgan fingerprint density at radius 2 is 1.95 bits per heavy atom. The molecule has 0 aliphatic heterocycles. The summed E-state index contributed by atoms with van der Waals surface area (Å²) in [7, 11) is 0. The van der Waals surface area contributed by atoms with Gasteiger partial charge in [-0.1, -0.05) is 15.9 Å². The Morgan fingerprint density at radius 3 is 2.71 bits per heavy atom. The SMILES string of the molecule is CC(Nc1c(N)cnc2ccc(Br)cc12)c1ccncc1. The normalized spacial score (nSPS) is 12.3. The Bertz CT molecular complexity index is 769. The Hall–Kier alpha value is -2.14. The molecular formula is C16H15BrN4. The van der Waals surface area contributed by atoms with Crippen LogP contribution in [0.1, 0.15) is 18.5 Å². The van der Waals surface area contributed by atoms with Crippen LogP contribution in [0.5, 0.6) is 0 Å². The van der Waals surface area contributed by atoms with Crippen molar-refractivity contribution in [2.24, 2.45) is 0 Å². The molecule has 3 N–H and O–H groups in total. The third-order valence-electron chi connectivity index (χ3n) is 3.43. The summed E-state index contributed by atoms with van der Waals surface area (Å²) in [4.78, 5) is 8.41. The summed E-state index contributed by atoms with van der Waals surface area (Å²) in [5.74, 6) is 0. The van der Waals surface area contributed by atoms with Crippen molar-refractivity contribution in [3.05, 3.63) is 59.0 Å². The largest absolute Gasteiger partial charge is 0.396 e. The third-order valence-corrected chi connectivity index (χ3v) is 3.92. The molecule has 3 rings (SSSR count). The van der Waals surface area contributed by atoms with E-state index >= 15 is 0 Å². The first-order valence-corrected chi connectivity index (χ1v) is 7.44. The van der Waals surface area contributed by atoms with Crippen molar-refractivity contribution in [3.8, 4) is 0 Å². The number of rotatable bonds is 3. The van der Waals surface area contributed by atoms with Gasteiger partial charge in [-0.15, -0.1) is 0 Å². The second kappa shape index (κ2) is 5.69. The van der Waals surface area contributed by atoms with Crippen LogP contribution in [-0.4, -0.2) is 9.97 Å². The molecule has 0 aliphatic rings. The maximum atomic E-state index is 6.11. The number of nitrogens with zero attached hydrogens (tertiary/aromatic N) is 2. The lowest BCUT2D eigenvalue weighted by Crippen LogP contribution is -2.09. The quantitative estimate of drug-likeness (QED) is 0.750. The fourth-order valence-corrected chi connectivity index (χ4v) is 2.65. The number of nitrogens with two attached hydrogens (primary N) is 1. The van der Waals surface area contributed by atoms with Crippen molar-refractivity contribution in [2.45, 2.75) is 13.0 Å². The molecular weight excluding hydrogens is 328 g/mol. The van der Waals surface area contributed by atoms with Crippen molar-refractivity contribution >= 4 is 38.2 Å². The summed E-state index contributed by atoms with van der Waals surface area (Å²) in [6, 6.07) is 10.1. The number of aromatic nitrogens is 2. The zero-order chi connectivity index (χ0) is 14.8. The molecule has 0 amide bonds. The van der Waals surface area contributed by atoms with E-state index in [1.165, 1.54) is 0 Å². The van der Waals surface area contributed by atoms with Crippen molar-refractivity contribution in [2.75, 3.05) is 11.1 Å². The number of nitrogens with one attached hydrogen (secondary N) is 1. The Kier molecular flexibility index (Phi) is 3.75. The van der Waals surface area contributed by atoms with Crippen LogP contribution in [0.15, 0.2) is 53.4 Å². The molecule has 0 bridgehead atoms. The van der Waals surface area contributed by atoms with E-state index in [-0.39, 0.29) is 6.04 Å². The van der Waals surface area contributed by atoms with Crippen LogP contribution < -0.4 is 11.1 Å². The first-order valence-electron chi connectivity index (χ1n) is 6.65. The average molecular weight is 343 g/mol. The summed E-state index contributed by atoms with van der Waals surface area (Å²) in [6.45, 7) is 2.10. The van der Waals surface area contributed by atoms with Crippen LogP contribution in [0.25, 0.3) is 10.9 Å². The molecule has 2 aromatic heterocycles. The topological polar surface area (TPSA) is 63.8 Å². The van der Waals surface area contributed by atoms with E-state index in [4.69, 9.17) is 5.73 Å². The number of nitrogen functional groups attached to an aromatic ring is 1. The van der Waals surface area contributed by atoms with Gasteiger partial charge in [-0.3, -0.25) is 9.97 Å². The second-order valence-corrected chi connectivity index (χ2v) is 5.81. The molecule has 0 saturated heterocycles. The highest BCUT2D eigenvalue weighted by Crippen LogP contribution is 2.32. The van der Waals surface area contributed by atoms with Gasteiger partial charge in [0.05, 0.1) is 23.1 Å². The summed E-state index contributed by atoms with van der Waals surface area (Å²) in [5.41, 5.74) is 9.73. The van der Waals surface area contributed by atoms with Crippen LogP contribution in [0.3, 0.4) is 0 Å². The maximum absolute atomic E-state index is 6.11. The predicted octanol–water partition coefficient (Wildman–Crippen LogP) is 4.15. The number of hydrogen-bond donors (Lipinski definition) is 2. The molecule has 2 heterocycles. The number of anilines is 2. The van der Waals surface area contributed by atoms with Gasteiger partial charge in [-0.25, -0.2) is 0 Å². The van der Waals surface area contributed by atoms with E-state index in [9.17, 15) is 0 Å². The van der Waals surface area contributed by atoms with E-state index in [0.29, 0.717) is 5.69 Å². The number of fused-ring (bicyclic) bond motifs is 1. The molecule has 0 aliphatic carbocycles. The molecule has 1 unspecified atom stereocenters. The molecule has 1 aromatic carbocycles. The molecule has 4 nitrogen and oxygen atoms in total. The van der Waals surface area contributed by atoms with Crippen molar-refractivity contribution < 1.29 is 0 Å². The highest BCUT2D eigenvalue weighted by molar-refractivity contribution is 9.10.